The molecule has 3 aromatic carbocycles. The fourth-order valence-corrected chi connectivity index (χ4v) is 4.13. The number of nitrogens with one attached hydrogen (secondary N) is 1. The number of carbonyl (C=O) groups is 2. The van der Waals surface area contributed by atoms with E-state index in [2.05, 4.69) is 5.32 Å². The van der Waals surface area contributed by atoms with Gasteiger partial charge in [-0.05, 0) is 54.1 Å². The van der Waals surface area contributed by atoms with E-state index in [1.807, 2.05) is 12.1 Å². The smallest absolute Gasteiger partial charge is 0.296 e. The van der Waals surface area contributed by atoms with E-state index in [-0.39, 0.29) is 10.7 Å². The number of benzene rings is 3. The normalized spacial score (nSPS) is 11.0. The molecule has 1 aromatic heterocycles. The molecule has 8 heteroatoms. The fourth-order valence-electron chi connectivity index (χ4n) is 3.31. The molecule has 0 aliphatic rings. The van der Waals surface area contributed by atoms with Gasteiger partial charge >= 0.3 is 0 Å². The van der Waals surface area contributed by atoms with Gasteiger partial charge in [-0.25, -0.2) is 0 Å². The van der Waals surface area contributed by atoms with Crippen LogP contribution in [-0.4, -0.2) is 16.3 Å². The Bertz CT molecular complexity index is 1310. The molecule has 0 unspecified atom stereocenters. The fraction of sp³-hybridized carbons (Fsp3) is 0.0435. The van der Waals surface area contributed by atoms with Crippen LogP contribution in [0.4, 0.5) is 5.69 Å². The molecule has 156 valence electrons. The number of ketones is 1. The van der Waals surface area contributed by atoms with Crippen LogP contribution in [0.3, 0.4) is 0 Å². The van der Waals surface area contributed by atoms with Crippen LogP contribution in [0.15, 0.2) is 66.7 Å². The maximum absolute atomic E-state index is 13.1. The molecule has 0 fully saturated rings. The lowest BCUT2D eigenvalue weighted by Gasteiger charge is -2.08. The summed E-state index contributed by atoms with van der Waals surface area (Å²) in [5.41, 5.74) is 2.11. The first-order chi connectivity index (χ1) is 14.8. The number of rotatable bonds is 5. The van der Waals surface area contributed by atoms with Crippen molar-refractivity contribution in [3.8, 4) is 0 Å². The minimum Gasteiger partial charge on any atom is -0.327 e. The highest BCUT2D eigenvalue weighted by Gasteiger charge is 2.27. The molecule has 1 heterocycles. The number of aromatic nitrogens is 1. The molecular formula is C23H14Cl4N2O2. The third kappa shape index (κ3) is 4.58. The van der Waals surface area contributed by atoms with Crippen LogP contribution in [0.5, 0.6) is 0 Å². The maximum atomic E-state index is 13.1. The first kappa shape index (κ1) is 21.7. The van der Waals surface area contributed by atoms with Crippen molar-refractivity contribution >= 4 is 74.7 Å². The molecule has 0 radical (unpaired) electrons. The van der Waals surface area contributed by atoms with E-state index in [0.717, 1.165) is 5.56 Å². The Kier molecular flexibility index (Phi) is 6.26. The minimum atomic E-state index is -0.824. The Morgan fingerprint density at radius 1 is 0.806 bits per heavy atom. The van der Waals surface area contributed by atoms with Gasteiger partial charge in [-0.1, -0.05) is 64.6 Å². The van der Waals surface area contributed by atoms with Gasteiger partial charge < -0.3 is 9.88 Å². The van der Waals surface area contributed by atoms with Gasteiger partial charge in [-0.15, -0.1) is 0 Å². The highest BCUT2D eigenvalue weighted by Crippen LogP contribution is 2.33. The van der Waals surface area contributed by atoms with Crippen molar-refractivity contribution < 1.29 is 9.59 Å². The third-order valence-electron chi connectivity index (χ3n) is 4.73. The van der Waals surface area contributed by atoms with E-state index < -0.39 is 11.7 Å². The number of Topliss-reactive ketones (excluding diaryl/α,β-unsaturated/α-hetero) is 1. The van der Waals surface area contributed by atoms with Crippen molar-refractivity contribution in [1.29, 1.82) is 0 Å². The average molecular weight is 492 g/mol. The zero-order valence-electron chi connectivity index (χ0n) is 15.8. The van der Waals surface area contributed by atoms with Gasteiger partial charge in [0, 0.05) is 32.7 Å². The average Bonchev–Trinajstić information content (AvgIpc) is 2.99. The van der Waals surface area contributed by atoms with Gasteiger partial charge in [0.1, 0.15) is 5.15 Å². The van der Waals surface area contributed by atoms with Crippen LogP contribution in [0.1, 0.15) is 15.9 Å². The molecule has 1 N–H and O–H groups in total. The van der Waals surface area contributed by atoms with Crippen LogP contribution >= 0.6 is 46.4 Å². The largest absolute Gasteiger partial charge is 0.327 e. The number of halogens is 4. The summed E-state index contributed by atoms with van der Waals surface area (Å²) < 4.78 is 1.76. The van der Waals surface area contributed by atoms with Gasteiger partial charge in [0.05, 0.1) is 11.1 Å². The molecule has 0 bridgehead atoms. The SMILES string of the molecule is O=C(Nc1cccc(Cl)c1)C(=O)c1c(Cl)n(Cc2ccc(Cl)cc2)c2ccc(Cl)cc12. The summed E-state index contributed by atoms with van der Waals surface area (Å²) in [4.78, 5) is 25.8. The molecule has 4 aromatic rings. The van der Waals surface area contributed by atoms with E-state index in [1.54, 1.807) is 59.2 Å². The van der Waals surface area contributed by atoms with E-state index >= 15 is 0 Å². The Morgan fingerprint density at radius 2 is 1.48 bits per heavy atom. The van der Waals surface area contributed by atoms with Crippen LogP contribution in [0.25, 0.3) is 10.9 Å². The molecule has 0 spiro atoms. The minimum absolute atomic E-state index is 0.0904. The van der Waals surface area contributed by atoms with E-state index in [0.29, 0.717) is 38.2 Å². The van der Waals surface area contributed by atoms with Crippen molar-refractivity contribution in [2.24, 2.45) is 0 Å². The summed E-state index contributed by atoms with van der Waals surface area (Å²) in [5, 5.41) is 4.70. The monoisotopic (exact) mass is 490 g/mol. The van der Waals surface area contributed by atoms with Gasteiger partial charge in [0.15, 0.2) is 0 Å². The van der Waals surface area contributed by atoms with Gasteiger partial charge in [-0.3, -0.25) is 9.59 Å². The Morgan fingerprint density at radius 3 is 2.19 bits per heavy atom. The Balaban J connectivity index is 1.75. The Labute approximate surface area is 198 Å². The number of hydrogen-bond donors (Lipinski definition) is 1. The summed E-state index contributed by atoms with van der Waals surface area (Å²) in [6.07, 6.45) is 0. The summed E-state index contributed by atoms with van der Waals surface area (Å²) in [5.74, 6) is -1.60. The van der Waals surface area contributed by atoms with E-state index in [4.69, 9.17) is 46.4 Å². The lowest BCUT2D eigenvalue weighted by atomic mass is 10.1. The molecular weight excluding hydrogens is 478 g/mol. The molecule has 4 rings (SSSR count). The highest BCUT2D eigenvalue weighted by atomic mass is 35.5. The zero-order chi connectivity index (χ0) is 22.1. The van der Waals surface area contributed by atoms with Crippen molar-refractivity contribution in [3.63, 3.8) is 0 Å². The van der Waals surface area contributed by atoms with Gasteiger partial charge in [-0.2, -0.15) is 0 Å². The van der Waals surface area contributed by atoms with Crippen LogP contribution in [0, 0.1) is 0 Å². The first-order valence-corrected chi connectivity index (χ1v) is 10.7. The second-order valence-corrected chi connectivity index (χ2v) is 8.50. The maximum Gasteiger partial charge on any atom is 0.296 e. The lowest BCUT2D eigenvalue weighted by molar-refractivity contribution is -0.112. The van der Waals surface area contributed by atoms with E-state index in [1.165, 1.54) is 0 Å². The Hall–Kier alpha value is -2.50. The second kappa shape index (κ2) is 8.93. The summed E-state index contributed by atoms with van der Waals surface area (Å²) >= 11 is 24.7. The summed E-state index contributed by atoms with van der Waals surface area (Å²) in [7, 11) is 0. The van der Waals surface area contributed by atoms with Crippen molar-refractivity contribution in [2.75, 3.05) is 5.32 Å². The quantitative estimate of drug-likeness (QED) is 0.238. The molecule has 1 amide bonds. The van der Waals surface area contributed by atoms with Gasteiger partial charge in [0.2, 0.25) is 0 Å². The number of nitrogens with zero attached hydrogens (tertiary/aromatic N) is 1. The van der Waals surface area contributed by atoms with E-state index in [9.17, 15) is 9.59 Å². The van der Waals surface area contributed by atoms with Crippen LogP contribution in [0.2, 0.25) is 20.2 Å². The number of fused-ring (bicyclic) bond motifs is 1. The number of carbonyl (C=O) groups excluding carboxylic acids is 2. The molecule has 0 saturated heterocycles. The molecule has 0 aliphatic carbocycles. The lowest BCUT2D eigenvalue weighted by Crippen LogP contribution is -2.23. The topological polar surface area (TPSA) is 51.1 Å². The molecule has 0 atom stereocenters. The molecule has 0 aliphatic heterocycles. The van der Waals surface area contributed by atoms with Crippen molar-refractivity contribution in [1.82, 2.24) is 4.57 Å². The summed E-state index contributed by atoms with van der Waals surface area (Å²) in [6, 6.07) is 18.9. The first-order valence-electron chi connectivity index (χ1n) is 9.16. The van der Waals surface area contributed by atoms with Gasteiger partial charge in [0.25, 0.3) is 11.7 Å². The van der Waals surface area contributed by atoms with Crippen molar-refractivity contribution in [3.05, 3.63) is 98.1 Å². The number of amides is 1. The highest BCUT2D eigenvalue weighted by molar-refractivity contribution is 6.52. The van der Waals surface area contributed by atoms with Crippen LogP contribution in [-0.2, 0) is 11.3 Å². The predicted octanol–water partition coefficient (Wildman–Crippen LogP) is 7.12. The zero-order valence-corrected chi connectivity index (χ0v) is 18.9. The summed E-state index contributed by atoms with van der Waals surface area (Å²) in [6.45, 7) is 0.386. The van der Waals surface area contributed by atoms with Crippen molar-refractivity contribution in [2.45, 2.75) is 6.54 Å². The standard InChI is InChI=1S/C23H14Cl4N2O2/c24-14-6-4-13(5-7-14)12-29-19-9-8-16(26)11-18(19)20(22(29)27)21(30)23(31)28-17-3-1-2-15(25)10-17/h1-11H,12H2,(H,28,31). The molecule has 0 saturated carbocycles. The number of hydrogen-bond acceptors (Lipinski definition) is 2. The van der Waals surface area contributed by atoms with Crippen LogP contribution < -0.4 is 5.32 Å². The second-order valence-electron chi connectivity index (χ2n) is 6.83. The number of anilines is 1. The molecule has 4 nitrogen and oxygen atoms in total. The molecule has 31 heavy (non-hydrogen) atoms. The predicted molar refractivity (Wildman–Crippen MR) is 127 cm³/mol. The third-order valence-corrected chi connectivity index (χ3v) is 5.85.